The Morgan fingerprint density at radius 3 is 2.83 bits per heavy atom. The lowest BCUT2D eigenvalue weighted by molar-refractivity contribution is 0.0541. The summed E-state index contributed by atoms with van der Waals surface area (Å²) in [4.78, 5) is 19.1. The van der Waals surface area contributed by atoms with Gasteiger partial charge in [0.1, 0.15) is 11.8 Å². The molecule has 1 N–H and O–H groups in total. The van der Waals surface area contributed by atoms with E-state index in [1.807, 2.05) is 48.0 Å². The normalized spacial score (nSPS) is 19.6. The first-order valence-corrected chi connectivity index (χ1v) is 13.0. The van der Waals surface area contributed by atoms with E-state index in [-0.39, 0.29) is 17.7 Å². The van der Waals surface area contributed by atoms with Gasteiger partial charge in [0.25, 0.3) is 5.56 Å². The molecule has 0 amide bonds. The van der Waals surface area contributed by atoms with Gasteiger partial charge in [0.05, 0.1) is 30.5 Å². The first-order chi connectivity index (χ1) is 17.7. The molecular weight excluding hydrogens is 456 g/mol. The van der Waals surface area contributed by atoms with Crippen LogP contribution in [0.25, 0.3) is 10.9 Å². The van der Waals surface area contributed by atoms with Crippen molar-refractivity contribution in [2.75, 3.05) is 13.2 Å². The fourth-order valence-electron chi connectivity index (χ4n) is 5.81. The lowest BCUT2D eigenvalue weighted by atomic mass is 10.0. The van der Waals surface area contributed by atoms with Crippen LogP contribution >= 0.6 is 0 Å². The van der Waals surface area contributed by atoms with Crippen LogP contribution in [0.15, 0.2) is 51.9 Å². The largest absolute Gasteiger partial charge is 0.468 e. The van der Waals surface area contributed by atoms with Crippen molar-refractivity contribution in [1.29, 1.82) is 0 Å². The molecule has 3 aromatic heterocycles. The van der Waals surface area contributed by atoms with Gasteiger partial charge in [-0.15, -0.1) is 5.10 Å². The van der Waals surface area contributed by atoms with Crippen LogP contribution in [0, 0.1) is 6.92 Å². The van der Waals surface area contributed by atoms with Gasteiger partial charge in [-0.2, -0.15) is 0 Å². The number of H-pyrrole nitrogens is 1. The molecule has 1 aliphatic carbocycles. The summed E-state index contributed by atoms with van der Waals surface area (Å²) < 4.78 is 13.7. The van der Waals surface area contributed by atoms with Crippen LogP contribution in [-0.2, 0) is 11.3 Å². The Morgan fingerprint density at radius 2 is 2.06 bits per heavy atom. The highest BCUT2D eigenvalue weighted by Gasteiger charge is 2.35. The molecule has 188 valence electrons. The van der Waals surface area contributed by atoms with Crippen LogP contribution in [0.1, 0.15) is 73.3 Å². The number of rotatable bonds is 8. The van der Waals surface area contributed by atoms with E-state index in [1.165, 1.54) is 0 Å². The summed E-state index contributed by atoms with van der Waals surface area (Å²) in [6.45, 7) is 3.94. The molecule has 0 radical (unpaired) electrons. The van der Waals surface area contributed by atoms with Gasteiger partial charge >= 0.3 is 0 Å². The number of ether oxygens (including phenoxy) is 1. The lowest BCUT2D eigenvalue weighted by Crippen LogP contribution is -2.39. The number of aryl methyl sites for hydroxylation is 1. The molecule has 2 atom stereocenters. The smallest absolute Gasteiger partial charge is 0.253 e. The number of pyridine rings is 1. The Balaban J connectivity index is 1.51. The summed E-state index contributed by atoms with van der Waals surface area (Å²) in [6.07, 6.45) is 8.21. The highest BCUT2D eigenvalue weighted by molar-refractivity contribution is 5.82. The Hall–Kier alpha value is -3.30. The second kappa shape index (κ2) is 9.99. The van der Waals surface area contributed by atoms with Gasteiger partial charge in [0, 0.05) is 18.7 Å². The maximum Gasteiger partial charge on any atom is 0.253 e. The number of para-hydroxylation sites is 1. The van der Waals surface area contributed by atoms with Crippen LogP contribution in [0.2, 0.25) is 0 Å². The van der Waals surface area contributed by atoms with E-state index in [9.17, 15) is 4.79 Å². The first kappa shape index (κ1) is 23.1. The van der Waals surface area contributed by atoms with Crippen LogP contribution in [0.4, 0.5) is 0 Å². The molecule has 9 heteroatoms. The van der Waals surface area contributed by atoms with Gasteiger partial charge in [-0.3, -0.25) is 9.69 Å². The minimum Gasteiger partial charge on any atom is -0.468 e. The highest BCUT2D eigenvalue weighted by atomic mass is 16.5. The van der Waals surface area contributed by atoms with Crippen LogP contribution in [0.3, 0.4) is 0 Å². The van der Waals surface area contributed by atoms with E-state index < -0.39 is 6.04 Å². The summed E-state index contributed by atoms with van der Waals surface area (Å²) in [5, 5.41) is 14.1. The van der Waals surface area contributed by atoms with Crippen LogP contribution < -0.4 is 5.56 Å². The summed E-state index contributed by atoms with van der Waals surface area (Å²) in [7, 11) is 0. The Bertz CT molecular complexity index is 1370. The number of nitrogens with zero attached hydrogens (tertiary/aromatic N) is 5. The standard InChI is InChI=1S/C27H32N6O3/c1-18-7-4-8-19-15-23(27(34)28-24(18)19)25(26-29-30-31-33(26)20-9-2-3-10-20)32(16-21-11-5-13-35-21)17-22-12-6-14-36-22/h4-5,7-8,11,13,15,20,22,25H,2-3,6,9-10,12,14,16-17H2,1H3,(H,28,34)/t22-,25+/m1/s1. The molecule has 9 nitrogen and oxygen atoms in total. The zero-order chi connectivity index (χ0) is 24.5. The van der Waals surface area contributed by atoms with Crippen molar-refractivity contribution < 1.29 is 9.15 Å². The SMILES string of the molecule is Cc1cccc2cc([C@@H](c3nnnn3C3CCCC3)N(Cc3ccco3)C[C@H]3CCCO3)c(=O)[nH]c12. The molecule has 0 unspecified atom stereocenters. The number of fused-ring (bicyclic) bond motifs is 1. The maximum absolute atomic E-state index is 13.7. The van der Waals surface area contributed by atoms with Crippen molar-refractivity contribution in [1.82, 2.24) is 30.1 Å². The molecule has 4 aromatic rings. The monoisotopic (exact) mass is 488 g/mol. The van der Waals surface area contributed by atoms with Crippen molar-refractivity contribution in [2.24, 2.45) is 0 Å². The quantitative estimate of drug-likeness (QED) is 0.394. The van der Waals surface area contributed by atoms with Gasteiger partial charge in [-0.05, 0) is 72.2 Å². The second-order valence-corrected chi connectivity index (χ2v) is 10.1. The van der Waals surface area contributed by atoms with E-state index in [0.29, 0.717) is 24.5 Å². The predicted octanol–water partition coefficient (Wildman–Crippen LogP) is 4.30. The second-order valence-electron chi connectivity index (χ2n) is 10.1. The van der Waals surface area contributed by atoms with E-state index in [4.69, 9.17) is 9.15 Å². The number of aromatic amines is 1. The van der Waals surface area contributed by atoms with Gasteiger partial charge in [-0.1, -0.05) is 31.0 Å². The fourth-order valence-corrected chi connectivity index (χ4v) is 5.81. The average molecular weight is 489 g/mol. The van der Waals surface area contributed by atoms with Gasteiger partial charge in [-0.25, -0.2) is 4.68 Å². The molecule has 0 spiro atoms. The molecule has 6 rings (SSSR count). The third-order valence-electron chi connectivity index (χ3n) is 7.61. The van der Waals surface area contributed by atoms with Gasteiger partial charge < -0.3 is 14.1 Å². The molecular formula is C27H32N6O3. The minimum absolute atomic E-state index is 0.0834. The molecule has 2 fully saturated rings. The number of hydrogen-bond donors (Lipinski definition) is 1. The molecule has 0 bridgehead atoms. The fraction of sp³-hybridized carbons (Fsp3) is 0.481. The summed E-state index contributed by atoms with van der Waals surface area (Å²) in [6, 6.07) is 11.7. The van der Waals surface area contributed by atoms with Crippen molar-refractivity contribution >= 4 is 10.9 Å². The Kier molecular flexibility index (Phi) is 6.41. The molecule has 4 heterocycles. The highest BCUT2D eigenvalue weighted by Crippen LogP contribution is 2.35. The Labute approximate surface area is 209 Å². The molecule has 1 aromatic carbocycles. The van der Waals surface area contributed by atoms with Gasteiger partial charge in [0.2, 0.25) is 0 Å². The summed E-state index contributed by atoms with van der Waals surface area (Å²) >= 11 is 0. The van der Waals surface area contributed by atoms with Crippen molar-refractivity contribution in [3.05, 3.63) is 75.7 Å². The number of furan rings is 1. The Morgan fingerprint density at radius 1 is 1.17 bits per heavy atom. The number of tetrazole rings is 1. The number of aromatic nitrogens is 5. The molecule has 1 saturated carbocycles. The third-order valence-corrected chi connectivity index (χ3v) is 7.61. The van der Waals surface area contributed by atoms with Crippen molar-refractivity contribution in [3.8, 4) is 0 Å². The van der Waals surface area contributed by atoms with E-state index in [1.54, 1.807) is 6.26 Å². The number of hydrogen-bond acceptors (Lipinski definition) is 7. The third kappa shape index (κ3) is 4.49. The minimum atomic E-state index is -0.455. The van der Waals surface area contributed by atoms with Crippen molar-refractivity contribution in [2.45, 2.75) is 70.2 Å². The van der Waals surface area contributed by atoms with Gasteiger partial charge in [0.15, 0.2) is 5.82 Å². The van der Waals surface area contributed by atoms with Crippen LogP contribution in [0.5, 0.6) is 0 Å². The van der Waals surface area contributed by atoms with E-state index in [0.717, 1.165) is 67.4 Å². The first-order valence-electron chi connectivity index (χ1n) is 13.0. The summed E-state index contributed by atoms with van der Waals surface area (Å²) in [5.41, 5.74) is 2.40. The predicted molar refractivity (Wildman–Crippen MR) is 135 cm³/mol. The number of nitrogens with one attached hydrogen (secondary N) is 1. The van der Waals surface area contributed by atoms with Crippen LogP contribution in [-0.4, -0.2) is 49.3 Å². The molecule has 36 heavy (non-hydrogen) atoms. The maximum atomic E-state index is 13.7. The average Bonchev–Trinajstić information content (AvgIpc) is 3.68. The topological polar surface area (TPSA) is 102 Å². The summed E-state index contributed by atoms with van der Waals surface area (Å²) in [5.74, 6) is 1.52. The number of benzene rings is 1. The molecule has 2 aliphatic rings. The molecule has 1 saturated heterocycles. The lowest BCUT2D eigenvalue weighted by Gasteiger charge is -2.32. The van der Waals surface area contributed by atoms with Crippen molar-refractivity contribution in [3.63, 3.8) is 0 Å². The molecule has 1 aliphatic heterocycles. The zero-order valence-corrected chi connectivity index (χ0v) is 20.6. The zero-order valence-electron chi connectivity index (χ0n) is 20.6. The van der Waals surface area contributed by atoms with E-state index in [2.05, 4.69) is 25.4 Å². The van der Waals surface area contributed by atoms with E-state index >= 15 is 0 Å².